The van der Waals surface area contributed by atoms with Crippen molar-refractivity contribution < 1.29 is 62.3 Å². The summed E-state index contributed by atoms with van der Waals surface area (Å²) in [5.74, 6) is 1.42. The van der Waals surface area contributed by atoms with Gasteiger partial charge < -0.3 is 34.8 Å². The van der Waals surface area contributed by atoms with Crippen LogP contribution in [0.15, 0.2) is 24.3 Å². The van der Waals surface area contributed by atoms with Crippen LogP contribution in [0.25, 0.3) is 0 Å². The zero-order chi connectivity index (χ0) is 27.6. The maximum absolute atomic E-state index is 10.6. The molecule has 10 radical (unpaired) electrons. The van der Waals surface area contributed by atoms with Crippen LogP contribution in [0.4, 0.5) is 0 Å². The molecule has 3 rings (SSSR count). The number of carbonyl (C=O) groups is 2. The van der Waals surface area contributed by atoms with Gasteiger partial charge in [0, 0.05) is 10.2 Å². The molecule has 1 aromatic carbocycles. The van der Waals surface area contributed by atoms with E-state index in [1.807, 2.05) is 32.1 Å². The van der Waals surface area contributed by atoms with E-state index in [4.69, 9.17) is 18.6 Å². The van der Waals surface area contributed by atoms with Gasteiger partial charge in [-0.2, -0.15) is 0 Å². The van der Waals surface area contributed by atoms with E-state index in [1.54, 1.807) is 0 Å². The van der Waals surface area contributed by atoms with Crippen molar-refractivity contribution in [2.75, 3.05) is 0 Å². The SMILES string of the molecule is CC(C)(C)[C]1[CH][CH][CH][CH]1.O=C([S-])c1ccc(C(=O)[S-])cc1.[C-]#[O+].[C-]#[O+].[C-]#[O+].[C-]#[O+].[CH]1[CH][CH][CH][CH]1.[Fe+2].[Fe+2]. The van der Waals surface area contributed by atoms with Crippen LogP contribution in [0, 0.1) is 95.7 Å². The average molecular weight is 606 g/mol. The van der Waals surface area contributed by atoms with E-state index >= 15 is 0 Å². The molecule has 2 saturated carbocycles. The van der Waals surface area contributed by atoms with Crippen LogP contribution in [-0.4, -0.2) is 10.2 Å². The minimum atomic E-state index is -0.432. The standard InChI is InChI=1S/C9H13.C8H6O2S2.C5H5.4CO.2Fe/c1-9(2,3)8-6-4-5-7-8;9-7(11)5-1-2-6(4-3-5)8(10)12;1-2-4-5-3-1;4*1-2;;/h4-7H,1-3H3;1-4H,(H,9,11)(H,10,12);1-5H;;;;;;/q;;;;;;;2*+2/p-2. The van der Waals surface area contributed by atoms with Crippen molar-refractivity contribution in [3.63, 3.8) is 0 Å². The third kappa shape index (κ3) is 27.6. The molecule has 0 amide bonds. The van der Waals surface area contributed by atoms with Gasteiger partial charge in [-0.15, -0.1) is 0 Å². The Morgan fingerprint density at radius 2 is 0.806 bits per heavy atom. The Balaban J connectivity index is -0.0000000834. The van der Waals surface area contributed by atoms with Gasteiger partial charge in [0.1, 0.15) is 0 Å². The summed E-state index contributed by atoms with van der Waals surface area (Å²) in [4.78, 5) is 21.3. The molecule has 2 fully saturated rings. The Kier molecular flexibility index (Phi) is 45.4. The molecule has 10 heteroatoms. The first kappa shape index (κ1) is 48.1. The molecule has 1 aromatic rings. The summed E-state index contributed by atoms with van der Waals surface area (Å²) in [6.45, 7) is 24.7. The number of benzene rings is 1. The van der Waals surface area contributed by atoms with Gasteiger partial charge in [0.2, 0.25) is 0 Å². The van der Waals surface area contributed by atoms with Crippen molar-refractivity contribution in [3.05, 3.63) is 126 Å². The van der Waals surface area contributed by atoms with E-state index in [9.17, 15) is 9.59 Å². The summed E-state index contributed by atoms with van der Waals surface area (Å²) in [7, 11) is 0. The second kappa shape index (κ2) is 34.0. The minimum Gasteiger partial charge on any atom is -0.0312 e. The van der Waals surface area contributed by atoms with Gasteiger partial charge in [0.05, 0.1) is 0 Å². The molecule has 0 bridgehead atoms. The molecule has 0 atom stereocenters. The van der Waals surface area contributed by atoms with E-state index in [0.717, 1.165) is 0 Å². The zero-order valence-corrected chi connectivity index (χ0v) is 23.3. The Bertz CT molecular complexity index is 664. The maximum atomic E-state index is 10.6. The largest absolute Gasteiger partial charge is 2.00 e. The summed E-state index contributed by atoms with van der Waals surface area (Å²) in [5, 5.41) is -0.864. The van der Waals surface area contributed by atoms with E-state index in [-0.39, 0.29) is 34.1 Å². The molecule has 6 nitrogen and oxygen atoms in total. The predicted octanol–water partition coefficient (Wildman–Crippen LogP) is 4.36. The molecule has 36 heavy (non-hydrogen) atoms. The first-order valence-electron chi connectivity index (χ1n) is 8.95. The number of hydrogen-bond donors (Lipinski definition) is 0. The molecule has 188 valence electrons. The third-order valence-electron chi connectivity index (χ3n) is 3.44. The van der Waals surface area contributed by atoms with Crippen molar-refractivity contribution >= 4 is 35.5 Å². The molecule has 0 unspecified atom stereocenters. The van der Waals surface area contributed by atoms with Gasteiger partial charge in [0.25, 0.3) is 0 Å². The number of hydrogen-bond acceptors (Lipinski definition) is 4. The summed E-state index contributed by atoms with van der Waals surface area (Å²) in [6, 6.07) is 5.98. The Hall–Kier alpha value is -1.00. The van der Waals surface area contributed by atoms with Crippen LogP contribution in [0.5, 0.6) is 0 Å². The topological polar surface area (TPSA) is 114 Å². The fraction of sp³-hybridized carbons (Fsp3) is 0.154. The molecular formula is C26H22Fe2O6S2+2. The second-order valence-corrected chi connectivity index (χ2v) is 7.28. The average Bonchev–Trinajstić information content (AvgIpc) is 3.62. The van der Waals surface area contributed by atoms with Gasteiger partial charge in [-0.3, -0.25) is 0 Å². The third-order valence-corrected chi connectivity index (χ3v) is 3.91. The fourth-order valence-electron chi connectivity index (χ4n) is 1.94. The van der Waals surface area contributed by atoms with Crippen molar-refractivity contribution in [2.24, 2.45) is 5.41 Å². The molecule has 0 heterocycles. The van der Waals surface area contributed by atoms with E-state index in [2.05, 4.69) is 98.3 Å². The summed E-state index contributed by atoms with van der Waals surface area (Å²) < 4.78 is 30.0. The predicted molar refractivity (Wildman–Crippen MR) is 127 cm³/mol. The number of rotatable bonds is 2. The molecule has 0 aliphatic heterocycles. The number of carbonyl (C=O) groups excluding carboxylic acids is 2. The molecule has 0 spiro atoms. The molecule has 0 saturated heterocycles. The van der Waals surface area contributed by atoms with Gasteiger partial charge in [-0.1, -0.05) is 45.0 Å². The van der Waals surface area contributed by atoms with Crippen LogP contribution >= 0.6 is 0 Å². The molecular weight excluding hydrogens is 584 g/mol. The summed E-state index contributed by atoms with van der Waals surface area (Å²) >= 11 is 8.81. The van der Waals surface area contributed by atoms with Crippen molar-refractivity contribution in [2.45, 2.75) is 20.8 Å². The molecule has 0 aromatic heterocycles. The van der Waals surface area contributed by atoms with Crippen LogP contribution in [0.3, 0.4) is 0 Å². The minimum absolute atomic E-state index is 0. The van der Waals surface area contributed by atoms with Crippen LogP contribution in [-0.2, 0) is 78.0 Å². The molecule has 0 N–H and O–H groups in total. The van der Waals surface area contributed by atoms with Crippen molar-refractivity contribution in [3.8, 4) is 0 Å². The van der Waals surface area contributed by atoms with Gasteiger partial charge in [-0.25, -0.2) is 0 Å². The van der Waals surface area contributed by atoms with Gasteiger partial charge in [0.15, 0.2) is 0 Å². The first-order valence-corrected chi connectivity index (χ1v) is 9.76. The van der Waals surface area contributed by atoms with Gasteiger partial charge >= 0.3 is 79.3 Å². The Morgan fingerprint density at radius 3 is 0.944 bits per heavy atom. The smallest absolute Gasteiger partial charge is 0.0312 e. The molecule has 2 aliphatic rings. The first-order chi connectivity index (χ1) is 16.2. The fourth-order valence-corrected chi connectivity index (χ4v) is 2.21. The Morgan fingerprint density at radius 1 is 0.583 bits per heavy atom. The van der Waals surface area contributed by atoms with E-state index in [0.29, 0.717) is 16.5 Å². The monoisotopic (exact) mass is 606 g/mol. The van der Waals surface area contributed by atoms with Crippen molar-refractivity contribution in [1.29, 1.82) is 0 Å². The van der Waals surface area contributed by atoms with E-state index < -0.39 is 10.2 Å². The quantitative estimate of drug-likeness (QED) is 0.216. The van der Waals surface area contributed by atoms with Crippen LogP contribution in [0.2, 0.25) is 0 Å². The van der Waals surface area contributed by atoms with Crippen LogP contribution in [0.1, 0.15) is 41.5 Å². The van der Waals surface area contributed by atoms with Crippen LogP contribution < -0.4 is 0 Å². The maximum Gasteiger partial charge on any atom is 2.00 e. The summed E-state index contributed by atoms with van der Waals surface area (Å²) in [6.07, 6.45) is 18.5. The zero-order valence-electron chi connectivity index (χ0n) is 19.5. The second-order valence-electron chi connectivity index (χ2n) is 6.54. The summed E-state index contributed by atoms with van der Waals surface area (Å²) in [5.41, 5.74) is 1.14. The Labute approximate surface area is 248 Å². The van der Waals surface area contributed by atoms with Crippen molar-refractivity contribution in [1.82, 2.24) is 0 Å². The van der Waals surface area contributed by atoms with Gasteiger partial charge in [-0.05, 0) is 80.2 Å². The molecule has 2 aliphatic carbocycles. The normalized spacial score (nSPS) is 12.4. The van der Waals surface area contributed by atoms with E-state index in [1.165, 1.54) is 30.2 Å².